The highest BCUT2D eigenvalue weighted by Gasteiger charge is 2.28. The number of hydrogen-bond donors (Lipinski definition) is 0. The molecule has 4 nitrogen and oxygen atoms in total. The molecule has 1 aliphatic rings. The van der Waals surface area contributed by atoms with Gasteiger partial charge in [-0.15, -0.1) is 0 Å². The van der Waals surface area contributed by atoms with E-state index >= 15 is 0 Å². The van der Waals surface area contributed by atoms with E-state index in [9.17, 15) is 0 Å². The second kappa shape index (κ2) is 7.28. The van der Waals surface area contributed by atoms with Crippen molar-refractivity contribution in [1.82, 2.24) is 9.47 Å². The van der Waals surface area contributed by atoms with Gasteiger partial charge >= 0.3 is 0 Å². The highest BCUT2D eigenvalue weighted by molar-refractivity contribution is 5.87. The van der Waals surface area contributed by atoms with Crippen LogP contribution in [0.15, 0.2) is 42.5 Å². The van der Waals surface area contributed by atoms with Crippen LogP contribution in [0.5, 0.6) is 11.5 Å². The van der Waals surface area contributed by atoms with E-state index in [-0.39, 0.29) is 0 Å². The maximum atomic E-state index is 5.50. The first-order chi connectivity index (χ1) is 13.1. The van der Waals surface area contributed by atoms with Crippen molar-refractivity contribution in [2.24, 2.45) is 0 Å². The Balaban J connectivity index is 1.73. The molecule has 1 unspecified atom stereocenters. The fourth-order valence-electron chi connectivity index (χ4n) is 4.26. The van der Waals surface area contributed by atoms with E-state index in [0.29, 0.717) is 6.04 Å². The Labute approximate surface area is 161 Å². The average Bonchev–Trinajstić information content (AvgIpc) is 3.02. The third-order valence-electron chi connectivity index (χ3n) is 5.98. The summed E-state index contributed by atoms with van der Waals surface area (Å²) >= 11 is 0. The van der Waals surface area contributed by atoms with Crippen molar-refractivity contribution >= 4 is 10.9 Å². The van der Waals surface area contributed by atoms with Crippen molar-refractivity contribution in [3.05, 3.63) is 59.3 Å². The van der Waals surface area contributed by atoms with E-state index < -0.39 is 0 Å². The molecule has 142 valence electrons. The molecule has 0 saturated heterocycles. The minimum absolute atomic E-state index is 0.422. The third-order valence-corrected chi connectivity index (χ3v) is 5.98. The Morgan fingerprint density at radius 1 is 1.00 bits per heavy atom. The topological polar surface area (TPSA) is 26.6 Å². The van der Waals surface area contributed by atoms with Gasteiger partial charge in [-0.25, -0.2) is 0 Å². The van der Waals surface area contributed by atoms with E-state index in [1.165, 1.54) is 27.7 Å². The first-order valence-electron chi connectivity index (χ1n) is 9.64. The van der Waals surface area contributed by atoms with Crippen molar-refractivity contribution in [2.75, 3.05) is 27.8 Å². The molecular formula is C23H28N2O2. The lowest BCUT2D eigenvalue weighted by Crippen LogP contribution is -2.31. The largest absolute Gasteiger partial charge is 0.497 e. The molecule has 3 aromatic rings. The molecule has 0 N–H and O–H groups in total. The molecule has 2 aromatic carbocycles. The number of methoxy groups -OCH3 is 2. The summed E-state index contributed by atoms with van der Waals surface area (Å²) < 4.78 is 13.3. The van der Waals surface area contributed by atoms with Gasteiger partial charge in [-0.2, -0.15) is 0 Å². The molecule has 1 atom stereocenters. The molecule has 0 saturated carbocycles. The number of rotatable bonds is 5. The Morgan fingerprint density at radius 3 is 2.41 bits per heavy atom. The molecule has 4 rings (SSSR count). The van der Waals surface area contributed by atoms with Crippen LogP contribution in [-0.2, 0) is 19.4 Å². The standard InChI is InChI=1S/C23H28N2O2/c1-16-23-20-15-19(27-4)9-10-21(20)25(22(23)12-13-24(16)2)14-11-17-5-7-18(26-3)8-6-17/h5-10,15-16H,11-14H2,1-4H3. The van der Waals surface area contributed by atoms with Gasteiger partial charge in [0.1, 0.15) is 11.5 Å². The second-order valence-corrected chi connectivity index (χ2v) is 7.40. The predicted octanol–water partition coefficient (Wildman–Crippen LogP) is 4.45. The van der Waals surface area contributed by atoms with Gasteiger partial charge in [0, 0.05) is 42.1 Å². The minimum atomic E-state index is 0.422. The molecule has 0 bridgehead atoms. The maximum absolute atomic E-state index is 5.50. The molecule has 0 radical (unpaired) electrons. The summed E-state index contributed by atoms with van der Waals surface area (Å²) in [5.41, 5.74) is 5.60. The summed E-state index contributed by atoms with van der Waals surface area (Å²) in [6, 6.07) is 15.3. The van der Waals surface area contributed by atoms with Crippen LogP contribution in [0.25, 0.3) is 10.9 Å². The predicted molar refractivity (Wildman–Crippen MR) is 110 cm³/mol. The van der Waals surface area contributed by atoms with Crippen molar-refractivity contribution in [1.29, 1.82) is 0 Å². The minimum Gasteiger partial charge on any atom is -0.497 e. The Hall–Kier alpha value is -2.46. The molecular weight excluding hydrogens is 336 g/mol. The van der Waals surface area contributed by atoms with Gasteiger partial charge < -0.3 is 14.0 Å². The zero-order chi connectivity index (χ0) is 19.0. The summed E-state index contributed by atoms with van der Waals surface area (Å²) in [6.07, 6.45) is 2.10. The molecule has 0 amide bonds. The van der Waals surface area contributed by atoms with Crippen LogP contribution in [0.3, 0.4) is 0 Å². The average molecular weight is 364 g/mol. The number of fused-ring (bicyclic) bond motifs is 3. The number of benzene rings is 2. The first-order valence-corrected chi connectivity index (χ1v) is 9.64. The first kappa shape index (κ1) is 17.9. The van der Waals surface area contributed by atoms with Gasteiger partial charge in [-0.05, 0) is 61.9 Å². The number of aryl methyl sites for hydroxylation is 2. The van der Waals surface area contributed by atoms with Gasteiger partial charge in [0.05, 0.1) is 14.2 Å². The van der Waals surface area contributed by atoms with E-state index in [1.807, 2.05) is 12.1 Å². The molecule has 0 aliphatic carbocycles. The molecule has 27 heavy (non-hydrogen) atoms. The van der Waals surface area contributed by atoms with Crippen LogP contribution in [0.1, 0.15) is 29.8 Å². The van der Waals surface area contributed by atoms with Crippen LogP contribution in [0.4, 0.5) is 0 Å². The Bertz CT molecular complexity index is 943. The van der Waals surface area contributed by atoms with Crippen molar-refractivity contribution in [3.63, 3.8) is 0 Å². The van der Waals surface area contributed by atoms with Crippen LogP contribution in [0.2, 0.25) is 0 Å². The summed E-state index contributed by atoms with van der Waals surface area (Å²) in [4.78, 5) is 2.44. The van der Waals surface area contributed by atoms with E-state index in [2.05, 4.69) is 53.8 Å². The fourth-order valence-corrected chi connectivity index (χ4v) is 4.26. The van der Waals surface area contributed by atoms with Crippen LogP contribution in [-0.4, -0.2) is 37.3 Å². The Morgan fingerprint density at radius 2 is 1.70 bits per heavy atom. The maximum Gasteiger partial charge on any atom is 0.119 e. The van der Waals surface area contributed by atoms with Crippen molar-refractivity contribution in [2.45, 2.75) is 32.4 Å². The van der Waals surface area contributed by atoms with E-state index in [0.717, 1.165) is 37.4 Å². The SMILES string of the molecule is COc1ccc(CCn2c3c(c4cc(OC)ccc42)C(C)N(C)CC3)cc1. The quantitative estimate of drug-likeness (QED) is 0.669. The number of hydrogen-bond acceptors (Lipinski definition) is 3. The van der Waals surface area contributed by atoms with E-state index in [1.54, 1.807) is 14.2 Å². The van der Waals surface area contributed by atoms with Crippen LogP contribution in [0, 0.1) is 0 Å². The van der Waals surface area contributed by atoms with Gasteiger partial charge in [-0.3, -0.25) is 4.90 Å². The molecule has 2 heterocycles. The molecule has 0 fully saturated rings. The van der Waals surface area contributed by atoms with Crippen molar-refractivity contribution < 1.29 is 9.47 Å². The number of ether oxygens (including phenoxy) is 2. The number of likely N-dealkylation sites (N-methyl/N-ethyl adjacent to an activating group) is 1. The molecule has 1 aromatic heterocycles. The number of nitrogens with zero attached hydrogens (tertiary/aromatic N) is 2. The molecule has 0 spiro atoms. The number of aromatic nitrogens is 1. The third kappa shape index (κ3) is 3.19. The van der Waals surface area contributed by atoms with E-state index in [4.69, 9.17) is 9.47 Å². The van der Waals surface area contributed by atoms with Crippen LogP contribution < -0.4 is 9.47 Å². The summed E-state index contributed by atoms with van der Waals surface area (Å²) in [5, 5.41) is 1.33. The van der Waals surface area contributed by atoms with Gasteiger partial charge in [0.25, 0.3) is 0 Å². The zero-order valence-corrected chi connectivity index (χ0v) is 16.7. The monoisotopic (exact) mass is 364 g/mol. The lowest BCUT2D eigenvalue weighted by molar-refractivity contribution is 0.245. The highest BCUT2D eigenvalue weighted by Crippen LogP contribution is 2.38. The summed E-state index contributed by atoms with van der Waals surface area (Å²) in [6.45, 7) is 4.40. The Kier molecular flexibility index (Phi) is 4.83. The summed E-state index contributed by atoms with van der Waals surface area (Å²) in [5.74, 6) is 1.84. The lowest BCUT2D eigenvalue weighted by Gasteiger charge is -2.31. The van der Waals surface area contributed by atoms with Gasteiger partial charge in [0.2, 0.25) is 0 Å². The zero-order valence-electron chi connectivity index (χ0n) is 16.7. The fraction of sp³-hybridized carbons (Fsp3) is 0.391. The normalized spacial score (nSPS) is 17.1. The summed E-state index contributed by atoms with van der Waals surface area (Å²) in [7, 11) is 5.66. The molecule has 1 aliphatic heterocycles. The molecule has 4 heteroatoms. The van der Waals surface area contributed by atoms with Gasteiger partial charge in [0.15, 0.2) is 0 Å². The smallest absolute Gasteiger partial charge is 0.119 e. The van der Waals surface area contributed by atoms with Crippen LogP contribution >= 0.6 is 0 Å². The second-order valence-electron chi connectivity index (χ2n) is 7.40. The highest BCUT2D eigenvalue weighted by atomic mass is 16.5. The van der Waals surface area contributed by atoms with Gasteiger partial charge in [-0.1, -0.05) is 12.1 Å². The van der Waals surface area contributed by atoms with Crippen molar-refractivity contribution in [3.8, 4) is 11.5 Å². The lowest BCUT2D eigenvalue weighted by atomic mass is 9.97.